The quantitative estimate of drug-likeness (QED) is 0.311. The molecule has 2 rings (SSSR count). The Hall–Kier alpha value is -2.29. The van der Waals surface area contributed by atoms with Crippen molar-refractivity contribution in [3.8, 4) is 16.9 Å². The fourth-order valence-electron chi connectivity index (χ4n) is 3.43. The fraction of sp³-hybridized carbons (Fsp3) is 0.581. The van der Waals surface area contributed by atoms with Gasteiger partial charge in [0.05, 0.1) is 6.61 Å². The zero-order valence-electron chi connectivity index (χ0n) is 23.1. The lowest BCUT2D eigenvalue weighted by Crippen LogP contribution is -2.16. The average Bonchev–Trinajstić information content (AvgIpc) is 2.75. The van der Waals surface area contributed by atoms with Crippen LogP contribution in [-0.4, -0.2) is 17.7 Å². The summed E-state index contributed by atoms with van der Waals surface area (Å²) in [5, 5.41) is 9.47. The molecule has 0 aliphatic carbocycles. The zero-order chi connectivity index (χ0) is 25.9. The van der Waals surface area contributed by atoms with Gasteiger partial charge in [-0.1, -0.05) is 112 Å². The molecule has 0 spiro atoms. The predicted octanol–water partition coefficient (Wildman–Crippen LogP) is 8.81. The van der Waals surface area contributed by atoms with Gasteiger partial charge in [-0.15, -0.1) is 0 Å². The summed E-state index contributed by atoms with van der Waals surface area (Å²) in [6, 6.07) is 14.3. The molecule has 2 aromatic carbocycles. The molecule has 34 heavy (non-hydrogen) atoms. The van der Waals surface area contributed by atoms with Crippen molar-refractivity contribution in [3.05, 3.63) is 53.6 Å². The Morgan fingerprint density at radius 3 is 1.79 bits per heavy atom. The number of rotatable bonds is 8. The minimum Gasteiger partial charge on any atom is -0.508 e. The first-order valence-corrected chi connectivity index (χ1v) is 12.8. The Morgan fingerprint density at radius 2 is 1.35 bits per heavy atom. The maximum Gasteiger partial charge on any atom is 0.305 e. The topological polar surface area (TPSA) is 46.5 Å². The lowest BCUT2D eigenvalue weighted by Gasteiger charge is -2.26. The lowest BCUT2D eigenvalue weighted by molar-refractivity contribution is -0.143. The molecule has 0 aromatic heterocycles. The van der Waals surface area contributed by atoms with Crippen molar-refractivity contribution in [2.75, 3.05) is 6.61 Å². The van der Waals surface area contributed by atoms with E-state index in [0.29, 0.717) is 18.8 Å². The summed E-state index contributed by atoms with van der Waals surface area (Å²) in [5.74, 6) is 1.02. The van der Waals surface area contributed by atoms with Crippen molar-refractivity contribution in [2.24, 2.45) is 5.92 Å². The highest BCUT2D eigenvalue weighted by atomic mass is 16.5. The lowest BCUT2D eigenvalue weighted by atomic mass is 9.79. The van der Waals surface area contributed by atoms with E-state index < -0.39 is 0 Å². The number of phenols is 1. The van der Waals surface area contributed by atoms with Crippen LogP contribution in [0.1, 0.15) is 106 Å². The van der Waals surface area contributed by atoms with Gasteiger partial charge in [-0.2, -0.15) is 0 Å². The maximum atomic E-state index is 10.7. The molecule has 1 N–H and O–H groups in total. The van der Waals surface area contributed by atoms with E-state index in [4.69, 9.17) is 4.74 Å². The number of phenolic OH excluding ortho intramolecular Hbond substituents is 1. The van der Waals surface area contributed by atoms with Crippen LogP contribution in [-0.2, 0) is 20.4 Å². The normalized spacial score (nSPS) is 11.7. The van der Waals surface area contributed by atoms with Crippen LogP contribution in [0.15, 0.2) is 42.5 Å². The zero-order valence-corrected chi connectivity index (χ0v) is 23.1. The second-order valence-corrected chi connectivity index (χ2v) is 11.7. The number of carbonyl (C=O) groups excluding carboxylic acids is 1. The molecule has 0 radical (unpaired) electrons. The van der Waals surface area contributed by atoms with E-state index >= 15 is 0 Å². The number of carbonyl (C=O) groups is 1. The third-order valence-electron chi connectivity index (χ3n) is 5.84. The van der Waals surface area contributed by atoms with Gasteiger partial charge in [0.25, 0.3) is 0 Å². The summed E-state index contributed by atoms with van der Waals surface area (Å²) < 4.78 is 4.96. The van der Waals surface area contributed by atoms with Crippen LogP contribution in [0.3, 0.4) is 0 Å². The third-order valence-corrected chi connectivity index (χ3v) is 5.84. The van der Waals surface area contributed by atoms with Crippen LogP contribution in [0.5, 0.6) is 5.75 Å². The number of aromatic hydroxyl groups is 1. The Bertz CT molecular complexity index is 833. The predicted molar refractivity (Wildman–Crippen MR) is 145 cm³/mol. The maximum absolute atomic E-state index is 10.7. The highest BCUT2D eigenvalue weighted by molar-refractivity contribution is 5.68. The van der Waals surface area contributed by atoms with Crippen molar-refractivity contribution >= 4 is 5.97 Å². The smallest absolute Gasteiger partial charge is 0.305 e. The molecule has 3 nitrogen and oxygen atoms in total. The molecule has 0 bridgehead atoms. The van der Waals surface area contributed by atoms with E-state index in [0.717, 1.165) is 17.9 Å². The van der Waals surface area contributed by atoms with E-state index in [2.05, 4.69) is 73.6 Å². The van der Waals surface area contributed by atoms with Gasteiger partial charge in [-0.25, -0.2) is 0 Å². The molecule has 2 aromatic rings. The number of unbranched alkanes of at least 4 members (excludes halogenated alkanes) is 2. The standard InChI is InChI=1S/C20H26O.C11H22O2/c1-19(2,3)16-11-15(12-17(13-16)20(4,5)6)14-7-9-18(21)10-8-14;1-4-11(12)13-9-7-5-6-8-10(2)3/h7-13,21H,1-6H3;10H,4-9H2,1-3H3. The molecule has 0 atom stereocenters. The van der Waals surface area contributed by atoms with Crippen LogP contribution < -0.4 is 0 Å². The molecular weight excluding hydrogens is 420 g/mol. The highest BCUT2D eigenvalue weighted by Crippen LogP contribution is 2.34. The summed E-state index contributed by atoms with van der Waals surface area (Å²) >= 11 is 0. The van der Waals surface area contributed by atoms with Crippen molar-refractivity contribution in [3.63, 3.8) is 0 Å². The number of ether oxygens (including phenoxy) is 1. The second-order valence-electron chi connectivity index (χ2n) is 11.7. The van der Waals surface area contributed by atoms with Crippen molar-refractivity contribution in [1.82, 2.24) is 0 Å². The molecule has 0 amide bonds. The van der Waals surface area contributed by atoms with E-state index in [1.54, 1.807) is 12.1 Å². The summed E-state index contributed by atoms with van der Waals surface area (Å²) in [4.78, 5) is 10.7. The van der Waals surface area contributed by atoms with Crippen molar-refractivity contribution < 1.29 is 14.6 Å². The average molecular weight is 469 g/mol. The van der Waals surface area contributed by atoms with Crippen LogP contribution in [0.2, 0.25) is 0 Å². The number of hydrogen-bond donors (Lipinski definition) is 1. The first-order valence-electron chi connectivity index (χ1n) is 12.8. The largest absolute Gasteiger partial charge is 0.508 e. The summed E-state index contributed by atoms with van der Waals surface area (Å²) in [7, 11) is 0. The Morgan fingerprint density at radius 1 is 0.824 bits per heavy atom. The second kappa shape index (κ2) is 13.6. The molecular formula is C31H48O3. The molecule has 0 aliphatic rings. The Kier molecular flexibility index (Phi) is 11.9. The molecule has 0 heterocycles. The van der Waals surface area contributed by atoms with E-state index in [9.17, 15) is 9.90 Å². The number of benzene rings is 2. The van der Waals surface area contributed by atoms with Gasteiger partial charge >= 0.3 is 5.97 Å². The Balaban J connectivity index is 0.000000385. The van der Waals surface area contributed by atoms with Gasteiger partial charge in [-0.3, -0.25) is 4.79 Å². The van der Waals surface area contributed by atoms with Crippen LogP contribution in [0, 0.1) is 5.92 Å². The molecule has 0 saturated heterocycles. The summed E-state index contributed by atoms with van der Waals surface area (Å²) in [6.45, 7) is 20.4. The SMILES string of the molecule is CC(C)(C)c1cc(-c2ccc(O)cc2)cc(C(C)(C)C)c1.CCC(=O)OCCCCCC(C)C. The molecule has 0 saturated carbocycles. The first-order chi connectivity index (χ1) is 15.7. The van der Waals surface area contributed by atoms with Crippen molar-refractivity contribution in [2.45, 2.75) is 105 Å². The first kappa shape index (κ1) is 29.7. The van der Waals surface area contributed by atoms with Crippen LogP contribution in [0.4, 0.5) is 0 Å². The highest BCUT2D eigenvalue weighted by Gasteiger charge is 2.20. The minimum atomic E-state index is -0.0798. The van der Waals surface area contributed by atoms with E-state index in [1.807, 2.05) is 19.1 Å². The third kappa shape index (κ3) is 11.2. The molecule has 0 fully saturated rings. The fourth-order valence-corrected chi connectivity index (χ4v) is 3.43. The van der Waals surface area contributed by atoms with Gasteiger partial charge in [0.1, 0.15) is 5.75 Å². The number of esters is 1. The van der Waals surface area contributed by atoms with Gasteiger partial charge < -0.3 is 9.84 Å². The number of hydrogen-bond acceptors (Lipinski definition) is 3. The Labute approximate surface area is 208 Å². The minimum absolute atomic E-state index is 0.0798. The molecule has 190 valence electrons. The molecule has 0 unspecified atom stereocenters. The monoisotopic (exact) mass is 468 g/mol. The van der Waals surface area contributed by atoms with Crippen LogP contribution in [0.25, 0.3) is 11.1 Å². The summed E-state index contributed by atoms with van der Waals surface area (Å²) in [6.07, 6.45) is 5.21. The van der Waals surface area contributed by atoms with Gasteiger partial charge in [0.2, 0.25) is 0 Å². The van der Waals surface area contributed by atoms with Crippen molar-refractivity contribution in [1.29, 1.82) is 0 Å². The van der Waals surface area contributed by atoms with Gasteiger partial charge in [0, 0.05) is 6.42 Å². The van der Waals surface area contributed by atoms with Gasteiger partial charge in [-0.05, 0) is 57.6 Å². The summed E-state index contributed by atoms with van der Waals surface area (Å²) in [5.41, 5.74) is 5.28. The molecule has 3 heteroatoms. The van der Waals surface area contributed by atoms with E-state index in [1.165, 1.54) is 36.0 Å². The van der Waals surface area contributed by atoms with E-state index in [-0.39, 0.29) is 16.8 Å². The molecule has 0 aliphatic heterocycles. The van der Waals surface area contributed by atoms with Crippen LogP contribution >= 0.6 is 0 Å². The van der Waals surface area contributed by atoms with Gasteiger partial charge in [0.15, 0.2) is 0 Å².